The summed E-state index contributed by atoms with van der Waals surface area (Å²) in [6, 6.07) is 10.3. The first-order chi connectivity index (χ1) is 9.58. The summed E-state index contributed by atoms with van der Waals surface area (Å²) in [7, 11) is 0. The first-order valence-corrected chi connectivity index (χ1v) is 7.64. The Balaban J connectivity index is 2.11. The van der Waals surface area contributed by atoms with E-state index in [0.717, 1.165) is 28.8 Å². The van der Waals surface area contributed by atoms with E-state index in [0.29, 0.717) is 0 Å². The van der Waals surface area contributed by atoms with Crippen molar-refractivity contribution in [1.29, 1.82) is 0 Å². The van der Waals surface area contributed by atoms with E-state index in [9.17, 15) is 0 Å². The lowest BCUT2D eigenvalue weighted by Gasteiger charge is -2.19. The molecule has 3 heteroatoms. The van der Waals surface area contributed by atoms with E-state index < -0.39 is 0 Å². The molecule has 20 heavy (non-hydrogen) atoms. The third-order valence-electron chi connectivity index (χ3n) is 4.09. The van der Waals surface area contributed by atoms with Gasteiger partial charge in [-0.2, -0.15) is 0 Å². The van der Waals surface area contributed by atoms with Crippen molar-refractivity contribution in [3.63, 3.8) is 0 Å². The number of hydrogen-bond acceptors (Lipinski definition) is 2. The van der Waals surface area contributed by atoms with Gasteiger partial charge in [0.15, 0.2) is 0 Å². The fourth-order valence-electron chi connectivity index (χ4n) is 2.81. The Labute approximate surface area is 128 Å². The quantitative estimate of drug-likeness (QED) is 0.900. The minimum absolute atomic E-state index is 0.153. The van der Waals surface area contributed by atoms with Crippen molar-refractivity contribution in [3.8, 4) is 5.75 Å². The number of nitrogens with two attached hydrogens (primary N) is 1. The van der Waals surface area contributed by atoms with E-state index in [1.54, 1.807) is 0 Å². The maximum absolute atomic E-state index is 6.53. The lowest BCUT2D eigenvalue weighted by atomic mass is 9.92. The Kier molecular flexibility index (Phi) is 3.57. The maximum atomic E-state index is 6.53. The second-order valence-electron chi connectivity index (χ2n) is 5.35. The largest absolute Gasteiger partial charge is 0.493 e. The van der Waals surface area contributed by atoms with Crippen LogP contribution in [0.5, 0.6) is 5.75 Å². The van der Waals surface area contributed by atoms with Crippen LogP contribution in [-0.2, 0) is 6.42 Å². The lowest BCUT2D eigenvalue weighted by molar-refractivity contribution is 0.352. The number of halogens is 1. The van der Waals surface area contributed by atoms with E-state index in [-0.39, 0.29) is 6.04 Å². The van der Waals surface area contributed by atoms with Gasteiger partial charge in [0.05, 0.1) is 12.6 Å². The van der Waals surface area contributed by atoms with Gasteiger partial charge in [-0.25, -0.2) is 0 Å². The molecule has 1 aliphatic heterocycles. The monoisotopic (exact) mass is 331 g/mol. The molecule has 0 aromatic heterocycles. The summed E-state index contributed by atoms with van der Waals surface area (Å²) in [6.07, 6.45) is 0.960. The molecule has 2 aromatic rings. The zero-order valence-electron chi connectivity index (χ0n) is 11.7. The Morgan fingerprint density at radius 2 is 2.00 bits per heavy atom. The summed E-state index contributed by atoms with van der Waals surface area (Å²) in [5, 5.41) is 0. The molecule has 0 bridgehead atoms. The Hall–Kier alpha value is -1.32. The fourth-order valence-corrected chi connectivity index (χ4v) is 3.33. The van der Waals surface area contributed by atoms with Gasteiger partial charge in [-0.15, -0.1) is 0 Å². The molecular weight excluding hydrogens is 314 g/mol. The molecule has 1 aliphatic rings. The van der Waals surface area contributed by atoms with Crippen LogP contribution in [0.4, 0.5) is 0 Å². The van der Waals surface area contributed by atoms with Gasteiger partial charge in [0.25, 0.3) is 0 Å². The third-order valence-corrected chi connectivity index (χ3v) is 4.55. The second kappa shape index (κ2) is 5.23. The average molecular weight is 332 g/mol. The predicted molar refractivity (Wildman–Crippen MR) is 85.3 cm³/mol. The van der Waals surface area contributed by atoms with E-state index in [1.165, 1.54) is 22.3 Å². The standard InChI is InChI=1S/C17H18BrNO/c1-10-4-3-5-14(11(10)2)16(19)15-9-13(18)8-12-6-7-20-17(12)15/h3-5,8-9,16H,6-7,19H2,1-2H3. The second-order valence-corrected chi connectivity index (χ2v) is 6.26. The third kappa shape index (κ3) is 2.25. The van der Waals surface area contributed by atoms with Gasteiger partial charge in [0.1, 0.15) is 5.75 Å². The summed E-state index contributed by atoms with van der Waals surface area (Å²) in [6.45, 7) is 5.00. The molecule has 2 N–H and O–H groups in total. The smallest absolute Gasteiger partial charge is 0.127 e. The minimum atomic E-state index is -0.153. The molecule has 2 aromatic carbocycles. The van der Waals surface area contributed by atoms with Gasteiger partial charge in [-0.1, -0.05) is 34.1 Å². The Morgan fingerprint density at radius 1 is 1.20 bits per heavy atom. The fraction of sp³-hybridized carbons (Fsp3) is 0.294. The van der Waals surface area contributed by atoms with Crippen LogP contribution in [0.15, 0.2) is 34.8 Å². The van der Waals surface area contributed by atoms with E-state index in [4.69, 9.17) is 10.5 Å². The van der Waals surface area contributed by atoms with Crippen molar-refractivity contribution in [3.05, 3.63) is 62.6 Å². The number of hydrogen-bond donors (Lipinski definition) is 1. The molecule has 1 heterocycles. The minimum Gasteiger partial charge on any atom is -0.493 e. The molecule has 104 valence electrons. The van der Waals surface area contributed by atoms with E-state index in [1.807, 2.05) is 0 Å². The van der Waals surface area contributed by atoms with Crippen LogP contribution in [0.25, 0.3) is 0 Å². The van der Waals surface area contributed by atoms with Gasteiger partial charge in [0, 0.05) is 16.5 Å². The number of benzene rings is 2. The SMILES string of the molecule is Cc1cccc(C(N)c2cc(Br)cc3c2OCC3)c1C. The van der Waals surface area contributed by atoms with Crippen LogP contribution >= 0.6 is 15.9 Å². The lowest BCUT2D eigenvalue weighted by Crippen LogP contribution is -2.15. The molecule has 0 aliphatic carbocycles. The number of aryl methyl sites for hydroxylation is 1. The summed E-state index contributed by atoms with van der Waals surface area (Å²) in [5.74, 6) is 0.974. The number of ether oxygens (including phenoxy) is 1. The molecule has 0 fully saturated rings. The van der Waals surface area contributed by atoms with Gasteiger partial charge < -0.3 is 10.5 Å². The Bertz CT molecular complexity index is 666. The van der Waals surface area contributed by atoms with Crippen LogP contribution in [0, 0.1) is 13.8 Å². The highest BCUT2D eigenvalue weighted by Crippen LogP contribution is 2.38. The topological polar surface area (TPSA) is 35.2 Å². The predicted octanol–water partition coefficient (Wildman–Crippen LogP) is 4.05. The normalized spacial score (nSPS) is 14.8. The van der Waals surface area contributed by atoms with Crippen molar-refractivity contribution >= 4 is 15.9 Å². The first-order valence-electron chi connectivity index (χ1n) is 6.84. The van der Waals surface area contributed by atoms with Crippen LogP contribution in [0.2, 0.25) is 0 Å². The zero-order valence-corrected chi connectivity index (χ0v) is 13.3. The van der Waals surface area contributed by atoms with Crippen LogP contribution in [0.3, 0.4) is 0 Å². The van der Waals surface area contributed by atoms with Crippen molar-refractivity contribution in [2.24, 2.45) is 5.73 Å². The summed E-state index contributed by atoms with van der Waals surface area (Å²) < 4.78 is 6.86. The van der Waals surface area contributed by atoms with Gasteiger partial charge >= 0.3 is 0 Å². The molecule has 2 nitrogen and oxygen atoms in total. The van der Waals surface area contributed by atoms with Crippen molar-refractivity contribution in [2.75, 3.05) is 6.61 Å². The average Bonchev–Trinajstić information content (AvgIpc) is 2.88. The summed E-state index contributed by atoms with van der Waals surface area (Å²) in [5.41, 5.74) is 12.5. The van der Waals surface area contributed by atoms with E-state index in [2.05, 4.69) is 60.1 Å². The molecule has 1 unspecified atom stereocenters. The van der Waals surface area contributed by atoms with Crippen LogP contribution in [-0.4, -0.2) is 6.61 Å². The molecule has 0 spiro atoms. The molecule has 0 radical (unpaired) electrons. The highest BCUT2D eigenvalue weighted by atomic mass is 79.9. The van der Waals surface area contributed by atoms with Crippen LogP contribution in [0.1, 0.15) is 33.9 Å². The highest BCUT2D eigenvalue weighted by Gasteiger charge is 2.23. The highest BCUT2D eigenvalue weighted by molar-refractivity contribution is 9.10. The molecular formula is C17H18BrNO. The molecule has 1 atom stereocenters. The summed E-state index contributed by atoms with van der Waals surface area (Å²) >= 11 is 3.58. The van der Waals surface area contributed by atoms with Crippen molar-refractivity contribution < 1.29 is 4.74 Å². The molecule has 3 rings (SSSR count). The van der Waals surface area contributed by atoms with Crippen molar-refractivity contribution in [1.82, 2.24) is 0 Å². The first kappa shape index (κ1) is 13.7. The Morgan fingerprint density at radius 3 is 2.80 bits per heavy atom. The van der Waals surface area contributed by atoms with Gasteiger partial charge in [-0.05, 0) is 48.2 Å². The summed E-state index contributed by atoms with van der Waals surface area (Å²) in [4.78, 5) is 0. The molecule has 0 amide bonds. The number of fused-ring (bicyclic) bond motifs is 1. The van der Waals surface area contributed by atoms with Gasteiger partial charge in [0.2, 0.25) is 0 Å². The van der Waals surface area contributed by atoms with Gasteiger partial charge in [-0.3, -0.25) is 0 Å². The van der Waals surface area contributed by atoms with E-state index >= 15 is 0 Å². The number of rotatable bonds is 2. The maximum Gasteiger partial charge on any atom is 0.127 e. The van der Waals surface area contributed by atoms with Crippen LogP contribution < -0.4 is 10.5 Å². The van der Waals surface area contributed by atoms with Crippen molar-refractivity contribution in [2.45, 2.75) is 26.3 Å². The molecule has 0 saturated heterocycles. The zero-order chi connectivity index (χ0) is 14.3. The molecule has 0 saturated carbocycles.